The van der Waals surface area contributed by atoms with Crippen molar-refractivity contribution in [3.05, 3.63) is 131 Å². The van der Waals surface area contributed by atoms with Crippen molar-refractivity contribution in [2.45, 2.75) is 5.41 Å². The molecule has 2 aliphatic rings. The Balaban J connectivity index is 1.83. The molecule has 1 unspecified atom stereocenters. The van der Waals surface area contributed by atoms with Crippen molar-refractivity contribution in [2.75, 3.05) is 0 Å². The minimum atomic E-state index is -1.30. The number of rotatable bonds is 4. The molecule has 7 heteroatoms. The number of amides is 2. The molecule has 1 saturated heterocycles. The van der Waals surface area contributed by atoms with Gasteiger partial charge in [0, 0.05) is 5.57 Å². The SMILES string of the molecule is O=C1NC(=O)C2C1=CC(c1ccc(O)cc1)=C(c1ccc(O)cc1)C2(c1ccc(O)cc1)c1ccc(O)cc1. The lowest BCUT2D eigenvalue weighted by molar-refractivity contribution is -0.126. The largest absolute Gasteiger partial charge is 0.508 e. The van der Waals surface area contributed by atoms with Crippen molar-refractivity contribution in [1.29, 1.82) is 0 Å². The first-order valence-electron chi connectivity index (χ1n) is 12.3. The van der Waals surface area contributed by atoms with Crippen LogP contribution in [0, 0.1) is 5.92 Å². The van der Waals surface area contributed by atoms with E-state index >= 15 is 0 Å². The van der Waals surface area contributed by atoms with Crippen LogP contribution < -0.4 is 5.32 Å². The number of carbonyl (C=O) groups is 2. The Morgan fingerprint density at radius 3 is 1.44 bits per heavy atom. The smallest absolute Gasteiger partial charge is 0.254 e. The summed E-state index contributed by atoms with van der Waals surface area (Å²) >= 11 is 0. The van der Waals surface area contributed by atoms with Crippen molar-refractivity contribution in [3.63, 3.8) is 0 Å². The summed E-state index contributed by atoms with van der Waals surface area (Å²) in [5.74, 6) is -1.76. The fourth-order valence-electron chi connectivity index (χ4n) is 5.81. The highest BCUT2D eigenvalue weighted by molar-refractivity contribution is 6.21. The van der Waals surface area contributed by atoms with Crippen molar-refractivity contribution in [1.82, 2.24) is 5.32 Å². The highest BCUT2D eigenvalue weighted by Gasteiger charge is 2.57. The van der Waals surface area contributed by atoms with Crippen molar-refractivity contribution >= 4 is 23.0 Å². The van der Waals surface area contributed by atoms with Crippen molar-refractivity contribution < 1.29 is 30.0 Å². The predicted octanol–water partition coefficient (Wildman–Crippen LogP) is 4.62. The van der Waals surface area contributed by atoms with Crippen LogP contribution in [0.25, 0.3) is 11.1 Å². The molecule has 7 nitrogen and oxygen atoms in total. The minimum Gasteiger partial charge on any atom is -0.508 e. The first-order chi connectivity index (χ1) is 18.8. The minimum absolute atomic E-state index is 0.0343. The number of carbonyl (C=O) groups excluding carboxylic acids is 2. The van der Waals surface area contributed by atoms with Crippen LogP contribution >= 0.6 is 0 Å². The molecule has 0 bridgehead atoms. The molecule has 4 aromatic rings. The van der Waals surface area contributed by atoms with Gasteiger partial charge >= 0.3 is 0 Å². The van der Waals surface area contributed by atoms with Gasteiger partial charge in [-0.05, 0) is 88.0 Å². The molecule has 0 radical (unpaired) electrons. The van der Waals surface area contributed by atoms with E-state index in [0.717, 1.165) is 0 Å². The number of fused-ring (bicyclic) bond motifs is 1. The first-order valence-corrected chi connectivity index (χ1v) is 12.3. The monoisotopic (exact) mass is 517 g/mol. The molecular formula is C32H23NO6. The first kappa shape index (κ1) is 24.1. The third-order valence-corrected chi connectivity index (χ3v) is 7.45. The Hall–Kier alpha value is -5.30. The summed E-state index contributed by atoms with van der Waals surface area (Å²) in [7, 11) is 0. The lowest BCUT2D eigenvalue weighted by Crippen LogP contribution is -2.44. The summed E-state index contributed by atoms with van der Waals surface area (Å²) in [5.41, 5.74) is 2.91. The average molecular weight is 518 g/mol. The van der Waals surface area contributed by atoms with Crippen LogP contribution in [-0.4, -0.2) is 32.2 Å². The van der Waals surface area contributed by atoms with Crippen LogP contribution in [0.3, 0.4) is 0 Å². The topological polar surface area (TPSA) is 127 Å². The van der Waals surface area contributed by atoms with Crippen LogP contribution in [0.4, 0.5) is 0 Å². The Kier molecular flexibility index (Phi) is 5.50. The molecule has 0 aromatic heterocycles. The molecule has 39 heavy (non-hydrogen) atoms. The summed E-state index contributed by atoms with van der Waals surface area (Å²) in [6, 6.07) is 26.1. The van der Waals surface area contributed by atoms with Crippen LogP contribution in [0.1, 0.15) is 22.3 Å². The molecule has 4 aromatic carbocycles. The molecule has 0 spiro atoms. The van der Waals surface area contributed by atoms with Gasteiger partial charge < -0.3 is 20.4 Å². The normalized spacial score (nSPS) is 17.9. The molecule has 1 aliphatic heterocycles. The summed E-state index contributed by atoms with van der Waals surface area (Å²) in [5, 5.41) is 42.9. The average Bonchev–Trinajstić information content (AvgIpc) is 3.22. The molecule has 6 rings (SSSR count). The maximum absolute atomic E-state index is 13.7. The highest BCUT2D eigenvalue weighted by atomic mass is 16.3. The molecule has 0 saturated carbocycles. The molecule has 1 aliphatic carbocycles. The maximum Gasteiger partial charge on any atom is 0.254 e. The molecule has 1 fully saturated rings. The number of imide groups is 1. The Morgan fingerprint density at radius 1 is 0.564 bits per heavy atom. The van der Waals surface area contributed by atoms with Crippen LogP contribution in [-0.2, 0) is 15.0 Å². The molecule has 1 heterocycles. The molecule has 1 atom stereocenters. The zero-order valence-corrected chi connectivity index (χ0v) is 20.5. The number of phenols is 4. The molecule has 192 valence electrons. The second kappa shape index (κ2) is 8.92. The van der Waals surface area contributed by atoms with E-state index in [9.17, 15) is 30.0 Å². The zero-order chi connectivity index (χ0) is 27.3. The second-order valence-electron chi connectivity index (χ2n) is 9.64. The molecular weight excluding hydrogens is 494 g/mol. The number of hydrogen-bond acceptors (Lipinski definition) is 6. The van der Waals surface area contributed by atoms with Gasteiger partial charge in [0.1, 0.15) is 23.0 Å². The Bertz CT molecular complexity index is 1620. The van der Waals surface area contributed by atoms with Gasteiger partial charge in [-0.25, -0.2) is 0 Å². The standard InChI is InChI=1S/C32H23NO6/c34-22-9-1-18(2-10-22)26-17-27-29(31(39)33-30(27)38)32(20-5-13-24(36)14-6-20,21-7-15-25(37)16-8-21)28(26)19-3-11-23(35)12-4-19/h1-17,29,34-37H,(H,33,38,39). The fraction of sp³-hybridized carbons (Fsp3) is 0.0625. The summed E-state index contributed by atoms with van der Waals surface area (Å²) < 4.78 is 0. The van der Waals surface area contributed by atoms with Gasteiger partial charge in [-0.1, -0.05) is 48.5 Å². The third kappa shape index (κ3) is 3.75. The highest BCUT2D eigenvalue weighted by Crippen LogP contribution is 2.58. The van der Waals surface area contributed by atoms with Crippen LogP contribution in [0.2, 0.25) is 0 Å². The second-order valence-corrected chi connectivity index (χ2v) is 9.64. The third-order valence-electron chi connectivity index (χ3n) is 7.45. The Labute approximate surface area is 223 Å². The lowest BCUT2D eigenvalue weighted by Gasteiger charge is -2.45. The van der Waals surface area contributed by atoms with E-state index in [2.05, 4.69) is 5.32 Å². The van der Waals surface area contributed by atoms with Crippen molar-refractivity contribution in [3.8, 4) is 23.0 Å². The van der Waals surface area contributed by atoms with E-state index < -0.39 is 23.1 Å². The van der Waals surface area contributed by atoms with Crippen LogP contribution in [0.5, 0.6) is 23.0 Å². The molecule has 5 N–H and O–H groups in total. The number of allylic oxidation sites excluding steroid dienone is 3. The van der Waals surface area contributed by atoms with Gasteiger partial charge in [-0.3, -0.25) is 14.9 Å². The van der Waals surface area contributed by atoms with E-state index in [1.54, 1.807) is 78.9 Å². The van der Waals surface area contributed by atoms with Gasteiger partial charge in [-0.15, -0.1) is 0 Å². The van der Waals surface area contributed by atoms with Gasteiger partial charge in [-0.2, -0.15) is 0 Å². The van der Waals surface area contributed by atoms with E-state index in [0.29, 0.717) is 33.4 Å². The van der Waals surface area contributed by atoms with E-state index in [1.165, 1.54) is 24.3 Å². The van der Waals surface area contributed by atoms with E-state index in [1.807, 2.05) is 0 Å². The number of phenolic OH excluding ortho intramolecular Hbond substituents is 4. The van der Waals surface area contributed by atoms with Gasteiger partial charge in [0.25, 0.3) is 5.91 Å². The predicted molar refractivity (Wildman–Crippen MR) is 145 cm³/mol. The number of aromatic hydroxyl groups is 4. The van der Waals surface area contributed by atoms with Crippen molar-refractivity contribution in [2.24, 2.45) is 5.92 Å². The van der Waals surface area contributed by atoms with Gasteiger partial charge in [0.15, 0.2) is 0 Å². The Morgan fingerprint density at radius 2 is 0.974 bits per heavy atom. The summed E-state index contributed by atoms with van der Waals surface area (Å²) in [4.78, 5) is 26.9. The number of hydrogen-bond donors (Lipinski definition) is 5. The summed E-state index contributed by atoms with van der Waals surface area (Å²) in [6.45, 7) is 0. The number of benzene rings is 4. The van der Waals surface area contributed by atoms with Gasteiger partial charge in [0.2, 0.25) is 5.91 Å². The van der Waals surface area contributed by atoms with E-state index in [-0.39, 0.29) is 28.6 Å². The van der Waals surface area contributed by atoms with Gasteiger partial charge in [0.05, 0.1) is 11.3 Å². The quantitative estimate of drug-likeness (QED) is 0.252. The molecule has 2 amide bonds. The maximum atomic E-state index is 13.7. The van der Waals surface area contributed by atoms with E-state index in [4.69, 9.17) is 0 Å². The fourth-order valence-corrected chi connectivity index (χ4v) is 5.81. The summed E-state index contributed by atoms with van der Waals surface area (Å²) in [6.07, 6.45) is 1.71. The number of nitrogens with one attached hydrogen (secondary N) is 1. The zero-order valence-electron chi connectivity index (χ0n) is 20.5. The van der Waals surface area contributed by atoms with Crippen LogP contribution in [0.15, 0.2) is 109 Å². The lowest BCUT2D eigenvalue weighted by atomic mass is 9.55.